The van der Waals surface area contributed by atoms with Crippen molar-refractivity contribution in [2.75, 3.05) is 46.1 Å². The minimum Gasteiger partial charge on any atom is -0.379 e. The second-order valence-electron chi connectivity index (χ2n) is 6.95. The Balaban J connectivity index is 1.30. The molecule has 138 valence electrons. The Kier molecular flexibility index (Phi) is 5.97. The molecule has 2 fully saturated rings. The minimum atomic E-state index is -0.196. The highest BCUT2D eigenvalue weighted by Gasteiger charge is 2.17. The Morgan fingerprint density at radius 3 is 2.04 bits per heavy atom. The van der Waals surface area contributed by atoms with Crippen LogP contribution in [0.4, 0.5) is 0 Å². The molecule has 2 aliphatic rings. The molecule has 26 heavy (non-hydrogen) atoms. The average molecular weight is 353 g/mol. The maximum Gasteiger partial charge on any atom is 0.184 e. The van der Waals surface area contributed by atoms with Crippen LogP contribution < -0.4 is 0 Å². The summed E-state index contributed by atoms with van der Waals surface area (Å²) >= 11 is 0. The van der Waals surface area contributed by atoms with E-state index in [4.69, 9.17) is 14.2 Å². The van der Waals surface area contributed by atoms with Crippen LogP contribution in [0.5, 0.6) is 0 Å². The Bertz CT molecular complexity index is 672. The molecule has 2 aromatic rings. The lowest BCUT2D eigenvalue weighted by Crippen LogP contribution is -2.36. The first kappa shape index (κ1) is 17.7. The maximum absolute atomic E-state index is 5.55. The largest absolute Gasteiger partial charge is 0.379 e. The third kappa shape index (κ3) is 4.51. The molecule has 0 aromatic heterocycles. The Hall–Kier alpha value is -1.72. The fourth-order valence-electron chi connectivity index (χ4n) is 3.58. The highest BCUT2D eigenvalue weighted by atomic mass is 16.7. The maximum atomic E-state index is 5.55. The second-order valence-corrected chi connectivity index (χ2v) is 6.95. The van der Waals surface area contributed by atoms with Gasteiger partial charge in [0, 0.05) is 18.7 Å². The molecule has 0 radical (unpaired) electrons. The van der Waals surface area contributed by atoms with Gasteiger partial charge in [0.15, 0.2) is 6.29 Å². The lowest BCUT2D eigenvalue weighted by atomic mass is 10.0. The number of ether oxygens (including phenoxy) is 3. The molecule has 2 aromatic carbocycles. The Labute approximate surface area is 155 Å². The molecule has 2 heterocycles. The number of benzene rings is 2. The normalized spacial score (nSPS) is 19.1. The molecule has 0 amide bonds. The fraction of sp³-hybridized carbons (Fsp3) is 0.455. The van der Waals surface area contributed by atoms with Crippen LogP contribution in [0, 0.1) is 0 Å². The van der Waals surface area contributed by atoms with Crippen LogP contribution in [0.25, 0.3) is 11.1 Å². The standard InChI is InChI=1S/C22H27NO3/c1(11-23-12-14-24-15-13-23)2-18-3-5-19(6-4-18)20-7-9-21(10-8-20)22-25-16-17-26-22/h3-10,22H,1-2,11-17H2. The van der Waals surface area contributed by atoms with Gasteiger partial charge in [-0.25, -0.2) is 0 Å². The lowest BCUT2D eigenvalue weighted by molar-refractivity contribution is -0.0441. The number of hydrogen-bond acceptors (Lipinski definition) is 4. The van der Waals surface area contributed by atoms with Gasteiger partial charge in [-0.3, -0.25) is 4.90 Å². The first-order chi connectivity index (χ1) is 12.9. The van der Waals surface area contributed by atoms with Gasteiger partial charge < -0.3 is 14.2 Å². The zero-order valence-corrected chi connectivity index (χ0v) is 15.2. The molecule has 4 nitrogen and oxygen atoms in total. The van der Waals surface area contributed by atoms with Crippen molar-refractivity contribution in [2.24, 2.45) is 0 Å². The SMILES string of the molecule is c1cc(-c2ccc(C3OCCO3)cc2)ccc1CCCN1CCOCC1. The van der Waals surface area contributed by atoms with Gasteiger partial charge in [0.1, 0.15) is 0 Å². The molecule has 0 bridgehead atoms. The summed E-state index contributed by atoms with van der Waals surface area (Å²) in [4.78, 5) is 2.50. The Morgan fingerprint density at radius 1 is 0.769 bits per heavy atom. The van der Waals surface area contributed by atoms with Gasteiger partial charge in [0.2, 0.25) is 0 Å². The summed E-state index contributed by atoms with van der Waals surface area (Å²) < 4.78 is 16.5. The van der Waals surface area contributed by atoms with E-state index in [0.29, 0.717) is 13.2 Å². The van der Waals surface area contributed by atoms with Gasteiger partial charge in [0.05, 0.1) is 26.4 Å². The van der Waals surface area contributed by atoms with E-state index in [1.54, 1.807) is 0 Å². The van der Waals surface area contributed by atoms with Crippen molar-refractivity contribution in [1.29, 1.82) is 0 Å². The van der Waals surface area contributed by atoms with Crippen molar-refractivity contribution >= 4 is 0 Å². The van der Waals surface area contributed by atoms with Crippen LogP contribution >= 0.6 is 0 Å². The third-order valence-corrected chi connectivity index (χ3v) is 5.14. The van der Waals surface area contributed by atoms with E-state index < -0.39 is 0 Å². The zero-order valence-electron chi connectivity index (χ0n) is 15.2. The van der Waals surface area contributed by atoms with Gasteiger partial charge in [-0.05, 0) is 36.1 Å². The molecule has 4 rings (SSSR count). The lowest BCUT2D eigenvalue weighted by Gasteiger charge is -2.26. The second kappa shape index (κ2) is 8.78. The number of nitrogens with zero attached hydrogens (tertiary/aromatic N) is 1. The van der Waals surface area contributed by atoms with Gasteiger partial charge in [-0.15, -0.1) is 0 Å². The molecule has 2 aliphatic heterocycles. The predicted molar refractivity (Wildman–Crippen MR) is 102 cm³/mol. The molecule has 0 N–H and O–H groups in total. The van der Waals surface area contributed by atoms with Crippen molar-refractivity contribution in [2.45, 2.75) is 19.1 Å². The molecule has 0 saturated carbocycles. The van der Waals surface area contributed by atoms with Gasteiger partial charge >= 0.3 is 0 Å². The van der Waals surface area contributed by atoms with Crippen molar-refractivity contribution in [3.8, 4) is 11.1 Å². The van der Waals surface area contributed by atoms with E-state index in [1.807, 2.05) is 0 Å². The first-order valence-electron chi connectivity index (χ1n) is 9.61. The monoisotopic (exact) mass is 353 g/mol. The zero-order chi connectivity index (χ0) is 17.6. The summed E-state index contributed by atoms with van der Waals surface area (Å²) in [5, 5.41) is 0. The summed E-state index contributed by atoms with van der Waals surface area (Å²) in [5.41, 5.74) is 4.98. The van der Waals surface area contributed by atoms with Crippen molar-refractivity contribution in [1.82, 2.24) is 4.90 Å². The van der Waals surface area contributed by atoms with E-state index in [0.717, 1.165) is 44.8 Å². The predicted octanol–water partition coefficient (Wildman–Crippen LogP) is 3.66. The molecule has 0 atom stereocenters. The number of morpholine rings is 1. The van der Waals surface area contributed by atoms with Crippen LogP contribution in [0.15, 0.2) is 48.5 Å². The molecule has 2 saturated heterocycles. The molecule has 0 spiro atoms. The van der Waals surface area contributed by atoms with Crippen molar-refractivity contribution < 1.29 is 14.2 Å². The average Bonchev–Trinajstić information content (AvgIpc) is 3.24. The summed E-state index contributed by atoms with van der Waals surface area (Å²) in [6.07, 6.45) is 2.14. The quantitative estimate of drug-likeness (QED) is 0.793. The molecule has 4 heteroatoms. The number of aryl methyl sites for hydroxylation is 1. The van der Waals surface area contributed by atoms with E-state index >= 15 is 0 Å². The van der Waals surface area contributed by atoms with Crippen LogP contribution in [0.3, 0.4) is 0 Å². The van der Waals surface area contributed by atoms with Gasteiger partial charge in [-0.1, -0.05) is 48.5 Å². The fourth-order valence-corrected chi connectivity index (χ4v) is 3.58. The van der Waals surface area contributed by atoms with Gasteiger partial charge in [-0.2, -0.15) is 0 Å². The topological polar surface area (TPSA) is 30.9 Å². The van der Waals surface area contributed by atoms with Crippen LogP contribution in [0.2, 0.25) is 0 Å². The van der Waals surface area contributed by atoms with Crippen LogP contribution in [-0.4, -0.2) is 51.0 Å². The van der Waals surface area contributed by atoms with Crippen LogP contribution in [0.1, 0.15) is 23.8 Å². The van der Waals surface area contributed by atoms with Crippen LogP contribution in [-0.2, 0) is 20.6 Å². The van der Waals surface area contributed by atoms with Crippen molar-refractivity contribution in [3.63, 3.8) is 0 Å². The molecule has 0 unspecified atom stereocenters. The summed E-state index contributed by atoms with van der Waals surface area (Å²) in [6, 6.07) is 17.4. The summed E-state index contributed by atoms with van der Waals surface area (Å²) in [7, 11) is 0. The minimum absolute atomic E-state index is 0.196. The smallest absolute Gasteiger partial charge is 0.184 e. The Morgan fingerprint density at radius 2 is 1.38 bits per heavy atom. The first-order valence-corrected chi connectivity index (χ1v) is 9.61. The van der Waals surface area contributed by atoms with E-state index in [2.05, 4.69) is 53.4 Å². The molecular formula is C22H27NO3. The van der Waals surface area contributed by atoms with E-state index in [-0.39, 0.29) is 6.29 Å². The highest BCUT2D eigenvalue weighted by Crippen LogP contribution is 2.26. The highest BCUT2D eigenvalue weighted by molar-refractivity contribution is 5.64. The third-order valence-electron chi connectivity index (χ3n) is 5.14. The van der Waals surface area contributed by atoms with E-state index in [9.17, 15) is 0 Å². The summed E-state index contributed by atoms with van der Waals surface area (Å²) in [5.74, 6) is 0. The number of rotatable bonds is 6. The molecule has 0 aliphatic carbocycles. The molecular weight excluding hydrogens is 326 g/mol. The number of hydrogen-bond donors (Lipinski definition) is 0. The summed E-state index contributed by atoms with van der Waals surface area (Å²) in [6.45, 7) is 6.44. The van der Waals surface area contributed by atoms with Crippen molar-refractivity contribution in [3.05, 3.63) is 59.7 Å². The van der Waals surface area contributed by atoms with E-state index in [1.165, 1.54) is 23.1 Å². The van der Waals surface area contributed by atoms with Gasteiger partial charge in [0.25, 0.3) is 0 Å².